The van der Waals surface area contributed by atoms with Gasteiger partial charge in [0.15, 0.2) is 0 Å². The van der Waals surface area contributed by atoms with Gasteiger partial charge in [-0.1, -0.05) is 0 Å². The minimum absolute atomic E-state index is 0.0925. The normalized spacial score (nSPS) is 24.1. The topological polar surface area (TPSA) is 82.8 Å². The molecule has 1 aliphatic heterocycles. The molecule has 6 heteroatoms. The van der Waals surface area contributed by atoms with Gasteiger partial charge in [-0.2, -0.15) is 0 Å². The van der Waals surface area contributed by atoms with E-state index in [9.17, 15) is 19.8 Å². The van der Waals surface area contributed by atoms with Crippen molar-refractivity contribution < 1.29 is 15.0 Å². The minimum atomic E-state index is -0.912. The smallest absolute Gasteiger partial charge is 0.254 e. The van der Waals surface area contributed by atoms with Gasteiger partial charge in [-0.15, -0.1) is 0 Å². The van der Waals surface area contributed by atoms with E-state index in [1.165, 1.54) is 21.7 Å². The van der Waals surface area contributed by atoms with Gasteiger partial charge in [0.05, 0.1) is 12.2 Å². The van der Waals surface area contributed by atoms with E-state index in [0.717, 1.165) is 0 Å². The summed E-state index contributed by atoms with van der Waals surface area (Å²) >= 11 is 0. The molecule has 1 saturated heterocycles. The number of aromatic nitrogens is 1. The van der Waals surface area contributed by atoms with Gasteiger partial charge in [0, 0.05) is 38.0 Å². The fourth-order valence-electron chi connectivity index (χ4n) is 1.80. The van der Waals surface area contributed by atoms with E-state index in [0.29, 0.717) is 0 Å². The monoisotopic (exact) mass is 238 g/mol. The molecule has 1 fully saturated rings. The first-order valence-electron chi connectivity index (χ1n) is 5.31. The molecule has 1 amide bonds. The lowest BCUT2D eigenvalue weighted by Gasteiger charge is -2.15. The van der Waals surface area contributed by atoms with E-state index in [-0.39, 0.29) is 30.1 Å². The molecule has 0 saturated carbocycles. The molecule has 0 spiro atoms. The van der Waals surface area contributed by atoms with Crippen molar-refractivity contribution in [2.45, 2.75) is 12.2 Å². The molecule has 2 atom stereocenters. The summed E-state index contributed by atoms with van der Waals surface area (Å²) in [6.45, 7) is 0.185. The van der Waals surface area contributed by atoms with E-state index in [1.807, 2.05) is 0 Å². The van der Waals surface area contributed by atoms with Crippen LogP contribution >= 0.6 is 0 Å². The SMILES string of the molecule is Cn1ccc(C(=O)N2C[C@@H](O)[C@@H](O)C2)cc1=O. The van der Waals surface area contributed by atoms with Crippen molar-refractivity contribution in [3.05, 3.63) is 34.2 Å². The van der Waals surface area contributed by atoms with Gasteiger partial charge >= 0.3 is 0 Å². The summed E-state index contributed by atoms with van der Waals surface area (Å²) < 4.78 is 1.37. The quantitative estimate of drug-likeness (QED) is 0.628. The molecule has 2 rings (SSSR count). The number of aliphatic hydroxyl groups is 2. The number of carbonyl (C=O) groups is 1. The Labute approximate surface area is 97.7 Å². The lowest BCUT2D eigenvalue weighted by molar-refractivity contribution is 0.0572. The summed E-state index contributed by atoms with van der Waals surface area (Å²) in [5.41, 5.74) is 0.00513. The highest BCUT2D eigenvalue weighted by Gasteiger charge is 2.32. The Bertz CT molecular complexity index is 486. The summed E-state index contributed by atoms with van der Waals surface area (Å²) in [5, 5.41) is 18.7. The third-order valence-electron chi connectivity index (χ3n) is 2.90. The van der Waals surface area contributed by atoms with Crippen LogP contribution in [0.3, 0.4) is 0 Å². The first-order chi connectivity index (χ1) is 7.99. The highest BCUT2D eigenvalue weighted by atomic mass is 16.3. The van der Waals surface area contributed by atoms with Crippen molar-refractivity contribution in [3.8, 4) is 0 Å². The zero-order valence-corrected chi connectivity index (χ0v) is 9.41. The van der Waals surface area contributed by atoms with Crippen LogP contribution in [0.15, 0.2) is 23.1 Å². The van der Waals surface area contributed by atoms with Crippen LogP contribution in [0.4, 0.5) is 0 Å². The number of likely N-dealkylation sites (tertiary alicyclic amines) is 1. The molecule has 1 aromatic heterocycles. The minimum Gasteiger partial charge on any atom is -0.388 e. The van der Waals surface area contributed by atoms with Crippen LogP contribution in [0, 0.1) is 0 Å². The molecule has 0 aromatic carbocycles. The van der Waals surface area contributed by atoms with E-state index in [1.54, 1.807) is 13.1 Å². The number of rotatable bonds is 1. The van der Waals surface area contributed by atoms with Gasteiger partial charge in [0.25, 0.3) is 11.5 Å². The number of β-amino-alcohol motifs (C(OH)–C–C–N with tert-alkyl or cyclic N) is 2. The largest absolute Gasteiger partial charge is 0.388 e. The molecule has 17 heavy (non-hydrogen) atoms. The summed E-state index contributed by atoms with van der Waals surface area (Å²) in [6.07, 6.45) is -0.311. The third-order valence-corrected chi connectivity index (χ3v) is 2.90. The van der Waals surface area contributed by atoms with E-state index in [2.05, 4.69) is 0 Å². The van der Waals surface area contributed by atoms with Crippen molar-refractivity contribution >= 4 is 5.91 Å². The molecule has 0 aliphatic carbocycles. The number of carbonyl (C=O) groups excluding carboxylic acids is 1. The number of hydrogen-bond acceptors (Lipinski definition) is 4. The summed E-state index contributed by atoms with van der Waals surface area (Å²) in [5.74, 6) is -0.349. The van der Waals surface area contributed by atoms with Crippen molar-refractivity contribution in [3.63, 3.8) is 0 Å². The molecule has 0 radical (unpaired) electrons. The number of nitrogens with zero attached hydrogens (tertiary/aromatic N) is 2. The Kier molecular flexibility index (Phi) is 2.99. The average Bonchev–Trinajstić information content (AvgIpc) is 2.62. The third kappa shape index (κ3) is 2.22. The van der Waals surface area contributed by atoms with Gasteiger partial charge in [0.1, 0.15) is 0 Å². The molecule has 1 aromatic rings. The maximum atomic E-state index is 12.0. The number of aryl methyl sites for hydroxylation is 1. The van der Waals surface area contributed by atoms with Gasteiger partial charge < -0.3 is 19.7 Å². The second-order valence-corrected chi connectivity index (χ2v) is 4.21. The van der Waals surface area contributed by atoms with Gasteiger partial charge in [-0.05, 0) is 6.07 Å². The second kappa shape index (κ2) is 4.31. The Morgan fingerprint density at radius 3 is 2.47 bits per heavy atom. The fraction of sp³-hybridized carbons (Fsp3) is 0.455. The predicted molar refractivity (Wildman–Crippen MR) is 59.6 cm³/mol. The molecule has 2 N–H and O–H groups in total. The van der Waals surface area contributed by atoms with Crippen molar-refractivity contribution in [1.29, 1.82) is 0 Å². The van der Waals surface area contributed by atoms with Crippen LogP contribution < -0.4 is 5.56 Å². The molecular formula is C11H14N2O4. The maximum Gasteiger partial charge on any atom is 0.254 e. The number of amides is 1. The highest BCUT2D eigenvalue weighted by molar-refractivity contribution is 5.94. The molecule has 6 nitrogen and oxygen atoms in total. The van der Waals surface area contributed by atoms with Crippen molar-refractivity contribution in [1.82, 2.24) is 9.47 Å². The molecule has 1 aliphatic rings. The van der Waals surface area contributed by atoms with E-state index in [4.69, 9.17) is 0 Å². The van der Waals surface area contributed by atoms with Crippen molar-refractivity contribution in [2.24, 2.45) is 7.05 Å². The average molecular weight is 238 g/mol. The molecule has 92 valence electrons. The van der Waals surface area contributed by atoms with Crippen LogP contribution in [0.2, 0.25) is 0 Å². The van der Waals surface area contributed by atoms with E-state index >= 15 is 0 Å². The van der Waals surface area contributed by atoms with Crippen LogP contribution in [-0.4, -0.2) is 50.9 Å². The Hall–Kier alpha value is -1.66. The Balaban J connectivity index is 2.20. The Morgan fingerprint density at radius 2 is 1.94 bits per heavy atom. The zero-order valence-electron chi connectivity index (χ0n) is 9.41. The van der Waals surface area contributed by atoms with Crippen LogP contribution in [0.1, 0.15) is 10.4 Å². The highest BCUT2D eigenvalue weighted by Crippen LogP contribution is 2.13. The number of hydrogen-bond donors (Lipinski definition) is 2. The van der Waals surface area contributed by atoms with Gasteiger partial charge in [-0.3, -0.25) is 9.59 Å². The standard InChI is InChI=1S/C11H14N2O4/c1-12-3-2-7(4-10(12)16)11(17)13-5-8(14)9(15)6-13/h2-4,8-9,14-15H,5-6H2,1H3/t8-,9+. The lowest BCUT2D eigenvalue weighted by atomic mass is 10.2. The Morgan fingerprint density at radius 1 is 1.35 bits per heavy atom. The van der Waals surface area contributed by atoms with Crippen LogP contribution in [0.5, 0.6) is 0 Å². The second-order valence-electron chi connectivity index (χ2n) is 4.21. The first kappa shape index (κ1) is 11.8. The van der Waals surface area contributed by atoms with E-state index < -0.39 is 12.2 Å². The van der Waals surface area contributed by atoms with Crippen molar-refractivity contribution in [2.75, 3.05) is 13.1 Å². The maximum absolute atomic E-state index is 12.0. The summed E-state index contributed by atoms with van der Waals surface area (Å²) in [6, 6.07) is 2.79. The first-order valence-corrected chi connectivity index (χ1v) is 5.31. The number of pyridine rings is 1. The molecule has 0 bridgehead atoms. The molecular weight excluding hydrogens is 224 g/mol. The molecule has 0 unspecified atom stereocenters. The lowest BCUT2D eigenvalue weighted by Crippen LogP contribution is -2.31. The van der Waals surface area contributed by atoms with Gasteiger partial charge in [0.2, 0.25) is 0 Å². The van der Waals surface area contributed by atoms with Gasteiger partial charge in [-0.25, -0.2) is 0 Å². The van der Waals surface area contributed by atoms with Crippen LogP contribution in [-0.2, 0) is 7.05 Å². The van der Waals surface area contributed by atoms with Crippen LogP contribution in [0.25, 0.3) is 0 Å². The summed E-state index contributed by atoms with van der Waals surface area (Å²) in [7, 11) is 1.60. The molecule has 2 heterocycles. The zero-order chi connectivity index (χ0) is 12.6. The predicted octanol–water partition coefficient (Wildman–Crippen LogP) is -1.44. The number of aliphatic hydroxyl groups excluding tert-OH is 2. The summed E-state index contributed by atoms with van der Waals surface area (Å²) in [4.78, 5) is 24.7. The fourth-order valence-corrected chi connectivity index (χ4v) is 1.80.